The highest BCUT2D eigenvalue weighted by Crippen LogP contribution is 2.67. The molecule has 1 aliphatic heterocycles. The Labute approximate surface area is 92.3 Å². The summed E-state index contributed by atoms with van der Waals surface area (Å²) in [4.78, 5) is 0.573. The second kappa shape index (κ2) is 2.65. The Bertz CT molecular complexity index is 247. The van der Waals surface area contributed by atoms with E-state index in [-0.39, 0.29) is 10.7 Å². The van der Waals surface area contributed by atoms with Crippen LogP contribution < -0.4 is 0 Å². The smallest absolute Gasteiger partial charge is 0.172 e. The highest BCUT2D eigenvalue weighted by molar-refractivity contribution is 9.09. The van der Waals surface area contributed by atoms with Gasteiger partial charge in [-0.2, -0.15) is 0 Å². The third kappa shape index (κ3) is 1.09. The normalized spacial score (nSPS) is 59.5. The van der Waals surface area contributed by atoms with Gasteiger partial charge in [0.2, 0.25) is 0 Å². The van der Waals surface area contributed by atoms with E-state index in [1.807, 2.05) is 0 Å². The first kappa shape index (κ1) is 8.99. The molecule has 4 unspecified atom stereocenters. The SMILES string of the molecule is ClC12CC(Br)CC3CCCCC31O2. The third-order valence-electron chi connectivity index (χ3n) is 3.97. The Morgan fingerprint density at radius 3 is 3.08 bits per heavy atom. The summed E-state index contributed by atoms with van der Waals surface area (Å²) in [6.45, 7) is 0. The van der Waals surface area contributed by atoms with Gasteiger partial charge in [-0.05, 0) is 25.2 Å². The summed E-state index contributed by atoms with van der Waals surface area (Å²) >= 11 is 10.1. The lowest BCUT2D eigenvalue weighted by Crippen LogP contribution is -2.40. The van der Waals surface area contributed by atoms with Crippen molar-refractivity contribution < 1.29 is 4.74 Å². The van der Waals surface area contributed by atoms with Gasteiger partial charge in [0.25, 0.3) is 0 Å². The van der Waals surface area contributed by atoms with Crippen molar-refractivity contribution in [3.63, 3.8) is 0 Å². The van der Waals surface area contributed by atoms with Gasteiger partial charge in [-0.1, -0.05) is 40.4 Å². The van der Waals surface area contributed by atoms with E-state index in [2.05, 4.69) is 15.9 Å². The van der Waals surface area contributed by atoms with E-state index in [0.717, 1.165) is 12.3 Å². The minimum absolute atomic E-state index is 0.0943. The molecule has 0 amide bonds. The summed E-state index contributed by atoms with van der Waals surface area (Å²) in [6.07, 6.45) is 7.43. The van der Waals surface area contributed by atoms with Crippen LogP contribution in [0.2, 0.25) is 0 Å². The fourth-order valence-electron chi connectivity index (χ4n) is 3.30. The molecule has 4 atom stereocenters. The molecule has 13 heavy (non-hydrogen) atoms. The molecule has 3 heteroatoms. The van der Waals surface area contributed by atoms with Gasteiger partial charge in [0.15, 0.2) is 5.06 Å². The highest BCUT2D eigenvalue weighted by Gasteiger charge is 2.74. The number of epoxide rings is 1. The molecule has 1 saturated heterocycles. The molecule has 74 valence electrons. The zero-order chi connectivity index (χ0) is 9.10. The molecular formula is C10H14BrClO. The van der Waals surface area contributed by atoms with Crippen molar-refractivity contribution in [3.8, 4) is 0 Å². The van der Waals surface area contributed by atoms with Crippen molar-refractivity contribution in [2.24, 2.45) is 5.92 Å². The maximum Gasteiger partial charge on any atom is 0.172 e. The first-order chi connectivity index (χ1) is 6.16. The average Bonchev–Trinajstić information content (AvgIpc) is 2.64. The second-order valence-corrected chi connectivity index (χ2v) is 6.61. The van der Waals surface area contributed by atoms with Crippen molar-refractivity contribution in [2.75, 3.05) is 0 Å². The van der Waals surface area contributed by atoms with E-state index in [4.69, 9.17) is 16.3 Å². The minimum Gasteiger partial charge on any atom is -0.346 e. The Kier molecular flexibility index (Phi) is 1.83. The molecule has 0 radical (unpaired) electrons. The maximum absolute atomic E-state index is 6.45. The van der Waals surface area contributed by atoms with E-state index >= 15 is 0 Å². The molecule has 3 aliphatic rings. The minimum atomic E-state index is -0.287. The molecule has 0 N–H and O–H groups in total. The van der Waals surface area contributed by atoms with Gasteiger partial charge in [-0.3, -0.25) is 0 Å². The summed E-state index contributed by atoms with van der Waals surface area (Å²) in [5, 5.41) is -0.287. The molecule has 2 aliphatic carbocycles. The van der Waals surface area contributed by atoms with Crippen LogP contribution in [0, 0.1) is 5.92 Å². The monoisotopic (exact) mass is 264 g/mol. The van der Waals surface area contributed by atoms with Gasteiger partial charge in [-0.25, -0.2) is 0 Å². The first-order valence-electron chi connectivity index (χ1n) is 5.19. The van der Waals surface area contributed by atoms with Crippen molar-refractivity contribution in [1.29, 1.82) is 0 Å². The van der Waals surface area contributed by atoms with Gasteiger partial charge in [0.1, 0.15) is 5.60 Å². The topological polar surface area (TPSA) is 12.5 Å². The van der Waals surface area contributed by atoms with Crippen molar-refractivity contribution >= 4 is 27.5 Å². The molecule has 0 aromatic carbocycles. The van der Waals surface area contributed by atoms with Crippen LogP contribution in [0.1, 0.15) is 38.5 Å². The van der Waals surface area contributed by atoms with Crippen molar-refractivity contribution in [3.05, 3.63) is 0 Å². The molecule has 3 rings (SSSR count). The molecule has 0 bridgehead atoms. The summed E-state index contributed by atoms with van der Waals surface area (Å²) in [5.41, 5.74) is 0.0943. The predicted octanol–water partition coefficient (Wildman–Crippen LogP) is 3.44. The first-order valence-corrected chi connectivity index (χ1v) is 6.49. The van der Waals surface area contributed by atoms with Gasteiger partial charge >= 0.3 is 0 Å². The standard InChI is InChI=1S/C10H14BrClO/c11-8-5-7-3-1-2-4-9(7)10(12,6-8)13-9/h7-8H,1-6H2. The molecule has 1 heterocycles. The quantitative estimate of drug-likeness (QED) is 0.483. The molecule has 3 fully saturated rings. The Morgan fingerprint density at radius 1 is 1.38 bits per heavy atom. The molecular weight excluding hydrogens is 251 g/mol. The van der Waals surface area contributed by atoms with Gasteiger partial charge in [0.05, 0.1) is 0 Å². The number of ether oxygens (including phenoxy) is 1. The summed E-state index contributed by atoms with van der Waals surface area (Å²) in [5.74, 6) is 0.719. The van der Waals surface area contributed by atoms with Crippen LogP contribution in [-0.2, 0) is 4.74 Å². The number of alkyl halides is 2. The Hall–Kier alpha value is 0.730. The van der Waals surface area contributed by atoms with E-state index < -0.39 is 0 Å². The summed E-state index contributed by atoms with van der Waals surface area (Å²) < 4.78 is 5.86. The van der Waals surface area contributed by atoms with Crippen molar-refractivity contribution in [2.45, 2.75) is 54.0 Å². The van der Waals surface area contributed by atoms with Crippen LogP contribution in [0.5, 0.6) is 0 Å². The molecule has 2 saturated carbocycles. The van der Waals surface area contributed by atoms with Crippen LogP contribution in [-0.4, -0.2) is 15.5 Å². The highest BCUT2D eigenvalue weighted by atomic mass is 79.9. The molecule has 1 nitrogen and oxygen atoms in total. The zero-order valence-electron chi connectivity index (χ0n) is 7.56. The number of halogens is 2. The Morgan fingerprint density at radius 2 is 2.23 bits per heavy atom. The summed E-state index contributed by atoms with van der Waals surface area (Å²) in [6, 6.07) is 0. The lowest BCUT2D eigenvalue weighted by molar-refractivity contribution is 0.152. The average molecular weight is 266 g/mol. The van der Waals surface area contributed by atoms with Gasteiger partial charge in [0, 0.05) is 11.2 Å². The fourth-order valence-corrected chi connectivity index (χ4v) is 4.97. The van der Waals surface area contributed by atoms with E-state index in [0.29, 0.717) is 4.83 Å². The fraction of sp³-hybridized carbons (Fsp3) is 1.00. The molecule has 0 aromatic rings. The zero-order valence-corrected chi connectivity index (χ0v) is 9.90. The molecule has 0 aromatic heterocycles. The number of hydrogen-bond donors (Lipinski definition) is 0. The Balaban J connectivity index is 1.89. The second-order valence-electron chi connectivity index (χ2n) is 4.70. The molecule has 1 spiro atoms. The maximum atomic E-state index is 6.45. The van der Waals surface area contributed by atoms with Crippen LogP contribution in [0.15, 0.2) is 0 Å². The van der Waals surface area contributed by atoms with E-state index in [1.165, 1.54) is 32.1 Å². The van der Waals surface area contributed by atoms with Gasteiger partial charge in [-0.15, -0.1) is 0 Å². The van der Waals surface area contributed by atoms with E-state index in [9.17, 15) is 0 Å². The van der Waals surface area contributed by atoms with Crippen LogP contribution in [0.4, 0.5) is 0 Å². The number of rotatable bonds is 0. The third-order valence-corrected chi connectivity index (χ3v) is 5.22. The van der Waals surface area contributed by atoms with E-state index in [1.54, 1.807) is 0 Å². The largest absolute Gasteiger partial charge is 0.346 e. The van der Waals surface area contributed by atoms with Crippen LogP contribution in [0.25, 0.3) is 0 Å². The van der Waals surface area contributed by atoms with Gasteiger partial charge < -0.3 is 4.74 Å². The lowest BCUT2D eigenvalue weighted by Gasteiger charge is -2.36. The predicted molar refractivity (Wildman–Crippen MR) is 56.3 cm³/mol. The van der Waals surface area contributed by atoms with Crippen molar-refractivity contribution in [1.82, 2.24) is 0 Å². The van der Waals surface area contributed by atoms with Crippen LogP contribution in [0.3, 0.4) is 0 Å². The lowest BCUT2D eigenvalue weighted by atomic mass is 9.70. The summed E-state index contributed by atoms with van der Waals surface area (Å²) in [7, 11) is 0. The number of hydrogen-bond acceptors (Lipinski definition) is 1. The van der Waals surface area contributed by atoms with Crippen LogP contribution >= 0.6 is 27.5 Å².